The highest BCUT2D eigenvalue weighted by atomic mass is 32.1. The molecule has 0 spiro atoms. The number of rotatable bonds is 4. The molecule has 0 fully saturated rings. The second-order valence-corrected chi connectivity index (χ2v) is 9.09. The van der Waals surface area contributed by atoms with Gasteiger partial charge in [-0.15, -0.1) is 11.3 Å². The first kappa shape index (κ1) is 21.1. The van der Waals surface area contributed by atoms with Gasteiger partial charge >= 0.3 is 0 Å². The SMILES string of the molecule is Cc1cc(C(C)(C)C)cc(C)c1CC(=O)Nc1nc(-c2ccc(F)c(F)c2)cs1. The largest absolute Gasteiger partial charge is 0.302 e. The van der Waals surface area contributed by atoms with Crippen molar-refractivity contribution in [2.24, 2.45) is 0 Å². The number of aryl methyl sites for hydroxylation is 2. The summed E-state index contributed by atoms with van der Waals surface area (Å²) in [4.78, 5) is 16.9. The van der Waals surface area contributed by atoms with E-state index >= 15 is 0 Å². The van der Waals surface area contributed by atoms with Gasteiger partial charge in [-0.05, 0) is 59.7 Å². The Labute approximate surface area is 173 Å². The van der Waals surface area contributed by atoms with Crippen LogP contribution in [0.2, 0.25) is 0 Å². The molecule has 0 aliphatic heterocycles. The molecule has 1 N–H and O–H groups in total. The Morgan fingerprint density at radius 3 is 2.31 bits per heavy atom. The van der Waals surface area contributed by atoms with Gasteiger partial charge in [0.1, 0.15) is 0 Å². The number of nitrogens with zero attached hydrogens (tertiary/aromatic N) is 1. The van der Waals surface area contributed by atoms with E-state index in [4.69, 9.17) is 0 Å². The van der Waals surface area contributed by atoms with E-state index in [1.54, 1.807) is 5.38 Å². The second kappa shape index (κ2) is 8.03. The molecule has 1 amide bonds. The highest BCUT2D eigenvalue weighted by Gasteiger charge is 2.18. The Morgan fingerprint density at radius 1 is 1.07 bits per heavy atom. The first-order valence-corrected chi connectivity index (χ1v) is 10.2. The maximum absolute atomic E-state index is 13.4. The maximum Gasteiger partial charge on any atom is 0.230 e. The monoisotopic (exact) mass is 414 g/mol. The lowest BCUT2D eigenvalue weighted by molar-refractivity contribution is -0.115. The number of hydrogen-bond donors (Lipinski definition) is 1. The van der Waals surface area contributed by atoms with Gasteiger partial charge in [-0.1, -0.05) is 32.9 Å². The molecule has 1 aromatic heterocycles. The van der Waals surface area contributed by atoms with Gasteiger partial charge < -0.3 is 5.32 Å². The molecule has 0 saturated heterocycles. The predicted octanol–water partition coefficient (Wildman–Crippen LogP) is 6.18. The van der Waals surface area contributed by atoms with Crippen LogP contribution in [-0.4, -0.2) is 10.9 Å². The van der Waals surface area contributed by atoms with Crippen LogP contribution in [0.5, 0.6) is 0 Å². The molecule has 29 heavy (non-hydrogen) atoms. The van der Waals surface area contributed by atoms with Crippen molar-refractivity contribution in [1.82, 2.24) is 4.98 Å². The number of amides is 1. The summed E-state index contributed by atoms with van der Waals surface area (Å²) in [7, 11) is 0. The molecule has 3 rings (SSSR count). The van der Waals surface area contributed by atoms with Gasteiger partial charge in [0.25, 0.3) is 0 Å². The van der Waals surface area contributed by atoms with Gasteiger partial charge in [-0.2, -0.15) is 0 Å². The molecule has 0 unspecified atom stereocenters. The van der Waals surface area contributed by atoms with Crippen molar-refractivity contribution in [3.8, 4) is 11.3 Å². The van der Waals surface area contributed by atoms with Crippen molar-refractivity contribution in [2.45, 2.75) is 46.5 Å². The molecule has 3 nitrogen and oxygen atoms in total. The van der Waals surface area contributed by atoms with Crippen molar-refractivity contribution in [2.75, 3.05) is 5.32 Å². The quantitative estimate of drug-likeness (QED) is 0.554. The van der Waals surface area contributed by atoms with Gasteiger partial charge in [0, 0.05) is 10.9 Å². The second-order valence-electron chi connectivity index (χ2n) is 8.23. The van der Waals surface area contributed by atoms with E-state index in [0.29, 0.717) is 16.4 Å². The number of anilines is 1. The topological polar surface area (TPSA) is 42.0 Å². The van der Waals surface area contributed by atoms with Gasteiger partial charge in [0.15, 0.2) is 16.8 Å². The van der Waals surface area contributed by atoms with Crippen LogP contribution in [0, 0.1) is 25.5 Å². The lowest BCUT2D eigenvalue weighted by Crippen LogP contribution is -2.17. The van der Waals surface area contributed by atoms with E-state index in [-0.39, 0.29) is 17.7 Å². The standard InChI is InChI=1S/C23H24F2N2OS/c1-13-8-16(23(3,4)5)9-14(2)17(13)11-21(28)27-22-26-20(12-29-22)15-6-7-18(24)19(25)10-15/h6-10,12H,11H2,1-5H3,(H,26,27,28). The van der Waals surface area contributed by atoms with Crippen molar-refractivity contribution in [3.05, 3.63) is 69.6 Å². The highest BCUT2D eigenvalue weighted by molar-refractivity contribution is 7.14. The molecule has 0 aliphatic rings. The molecule has 152 valence electrons. The average Bonchev–Trinajstić information content (AvgIpc) is 3.08. The first-order chi connectivity index (χ1) is 13.5. The number of carbonyl (C=O) groups excluding carboxylic acids is 1. The fourth-order valence-electron chi connectivity index (χ4n) is 3.15. The van der Waals surface area contributed by atoms with Crippen LogP contribution in [0.15, 0.2) is 35.7 Å². The zero-order valence-electron chi connectivity index (χ0n) is 17.2. The van der Waals surface area contributed by atoms with E-state index < -0.39 is 11.6 Å². The molecule has 0 bridgehead atoms. The number of carbonyl (C=O) groups is 1. The molecule has 1 heterocycles. The first-order valence-electron chi connectivity index (χ1n) is 9.36. The average molecular weight is 415 g/mol. The fraction of sp³-hybridized carbons (Fsp3) is 0.304. The number of aromatic nitrogens is 1. The van der Waals surface area contributed by atoms with Gasteiger partial charge in [0.2, 0.25) is 5.91 Å². The van der Waals surface area contributed by atoms with Crippen molar-refractivity contribution in [1.29, 1.82) is 0 Å². The third-order valence-electron chi connectivity index (χ3n) is 4.87. The Hall–Kier alpha value is -2.60. The van der Waals surface area contributed by atoms with Crippen LogP contribution in [-0.2, 0) is 16.6 Å². The number of benzene rings is 2. The lowest BCUT2D eigenvalue weighted by Gasteiger charge is -2.22. The molecule has 0 saturated carbocycles. The van der Waals surface area contributed by atoms with E-state index in [0.717, 1.165) is 28.8 Å². The number of halogens is 2. The van der Waals surface area contributed by atoms with Gasteiger partial charge in [0.05, 0.1) is 12.1 Å². The summed E-state index contributed by atoms with van der Waals surface area (Å²) in [5, 5.41) is 4.94. The molecule has 0 aliphatic carbocycles. The Morgan fingerprint density at radius 2 is 1.72 bits per heavy atom. The highest BCUT2D eigenvalue weighted by Crippen LogP contribution is 2.28. The Balaban J connectivity index is 1.73. The summed E-state index contributed by atoms with van der Waals surface area (Å²) in [6, 6.07) is 7.90. The van der Waals surface area contributed by atoms with Crippen molar-refractivity contribution >= 4 is 22.4 Å². The predicted molar refractivity (Wildman–Crippen MR) is 114 cm³/mol. The minimum atomic E-state index is -0.925. The maximum atomic E-state index is 13.4. The molecule has 6 heteroatoms. The summed E-state index contributed by atoms with van der Waals surface area (Å²) in [6.07, 6.45) is 0.252. The van der Waals surface area contributed by atoms with Gasteiger partial charge in [-0.25, -0.2) is 13.8 Å². The number of nitrogens with one attached hydrogen (secondary N) is 1. The fourth-order valence-corrected chi connectivity index (χ4v) is 3.88. The van der Waals surface area contributed by atoms with Gasteiger partial charge in [-0.3, -0.25) is 4.79 Å². The Bertz CT molecular complexity index is 1040. The van der Waals surface area contributed by atoms with E-state index in [1.165, 1.54) is 23.0 Å². The van der Waals surface area contributed by atoms with Crippen LogP contribution in [0.3, 0.4) is 0 Å². The minimum absolute atomic E-state index is 0.0490. The lowest BCUT2D eigenvalue weighted by atomic mass is 9.83. The minimum Gasteiger partial charge on any atom is -0.302 e. The van der Waals surface area contributed by atoms with Crippen LogP contribution in [0.1, 0.15) is 43.0 Å². The van der Waals surface area contributed by atoms with E-state index in [9.17, 15) is 13.6 Å². The number of hydrogen-bond acceptors (Lipinski definition) is 3. The van der Waals surface area contributed by atoms with Crippen LogP contribution >= 0.6 is 11.3 Å². The van der Waals surface area contributed by atoms with Crippen LogP contribution in [0.4, 0.5) is 13.9 Å². The summed E-state index contributed by atoms with van der Waals surface area (Å²) >= 11 is 1.25. The molecule has 2 aromatic carbocycles. The normalized spacial score (nSPS) is 11.6. The summed E-state index contributed by atoms with van der Waals surface area (Å²) in [6.45, 7) is 10.5. The summed E-state index contributed by atoms with van der Waals surface area (Å²) in [5.74, 6) is -1.99. The Kier molecular flexibility index (Phi) is 5.85. The zero-order valence-corrected chi connectivity index (χ0v) is 18.0. The zero-order chi connectivity index (χ0) is 21.3. The number of thiazole rings is 1. The van der Waals surface area contributed by atoms with Crippen LogP contribution < -0.4 is 5.32 Å². The smallest absolute Gasteiger partial charge is 0.230 e. The van der Waals surface area contributed by atoms with Crippen LogP contribution in [0.25, 0.3) is 11.3 Å². The van der Waals surface area contributed by atoms with E-state index in [1.807, 2.05) is 13.8 Å². The third-order valence-corrected chi connectivity index (χ3v) is 5.62. The molecular formula is C23H24F2N2OS. The third kappa shape index (κ3) is 4.88. The van der Waals surface area contributed by atoms with E-state index in [2.05, 4.69) is 43.2 Å². The molecule has 0 atom stereocenters. The van der Waals surface area contributed by atoms with Crippen molar-refractivity contribution in [3.63, 3.8) is 0 Å². The molecule has 0 radical (unpaired) electrons. The molecule has 3 aromatic rings. The summed E-state index contributed by atoms with van der Waals surface area (Å²) < 4.78 is 26.5. The van der Waals surface area contributed by atoms with Crippen molar-refractivity contribution < 1.29 is 13.6 Å². The molecular weight excluding hydrogens is 390 g/mol. The summed E-state index contributed by atoms with van der Waals surface area (Å²) in [5.41, 5.74) is 5.43.